The van der Waals surface area contributed by atoms with Crippen LogP contribution >= 0.6 is 0 Å². The number of carbonyl (C=O) groups excluding carboxylic acids is 2. The van der Waals surface area contributed by atoms with Crippen molar-refractivity contribution in [1.82, 2.24) is 0 Å². The van der Waals surface area contributed by atoms with Crippen LogP contribution in [0.3, 0.4) is 0 Å². The molecule has 2 atom stereocenters. The first-order valence-corrected chi connectivity index (χ1v) is 7.78. The van der Waals surface area contributed by atoms with Crippen LogP contribution in [0.1, 0.15) is 46.6 Å². The minimum absolute atomic E-state index is 0.0498. The van der Waals surface area contributed by atoms with Gasteiger partial charge in [-0.25, -0.2) is 14.4 Å². The summed E-state index contributed by atoms with van der Waals surface area (Å²) in [5.41, 5.74) is 2.40. The van der Waals surface area contributed by atoms with Crippen LogP contribution in [0.5, 0.6) is 5.75 Å². The van der Waals surface area contributed by atoms with Gasteiger partial charge in [0.15, 0.2) is 0 Å². The number of esters is 1. The van der Waals surface area contributed by atoms with E-state index >= 15 is 0 Å². The van der Waals surface area contributed by atoms with E-state index < -0.39 is 18.2 Å². The molecule has 132 valence electrons. The van der Waals surface area contributed by atoms with Gasteiger partial charge in [0.25, 0.3) is 0 Å². The highest BCUT2D eigenvalue weighted by molar-refractivity contribution is 5.95. The van der Waals surface area contributed by atoms with Gasteiger partial charge in [-0.3, -0.25) is 0 Å². The zero-order valence-corrected chi connectivity index (χ0v) is 14.2. The van der Waals surface area contributed by atoms with Crippen molar-refractivity contribution >= 4 is 18.0 Å². The van der Waals surface area contributed by atoms with Gasteiger partial charge in [-0.1, -0.05) is 13.0 Å². The van der Waals surface area contributed by atoms with Crippen molar-refractivity contribution in [3.63, 3.8) is 0 Å². The first-order chi connectivity index (χ1) is 11.9. The molecule has 1 aliphatic heterocycles. The highest BCUT2D eigenvalue weighted by Crippen LogP contribution is 2.40. The molecule has 0 radical (unpaired) electrons. The van der Waals surface area contributed by atoms with E-state index in [9.17, 15) is 14.4 Å². The van der Waals surface area contributed by atoms with Crippen molar-refractivity contribution < 1.29 is 29.0 Å². The van der Waals surface area contributed by atoms with Gasteiger partial charge < -0.3 is 14.6 Å². The molecule has 2 rings (SSSR count). The lowest BCUT2D eigenvalue weighted by Gasteiger charge is -2.16. The van der Waals surface area contributed by atoms with Gasteiger partial charge in [-0.2, -0.15) is 4.99 Å². The van der Waals surface area contributed by atoms with E-state index in [0.717, 1.165) is 11.6 Å². The molecule has 25 heavy (non-hydrogen) atoms. The molecule has 0 saturated carbocycles. The molecule has 0 aromatic heterocycles. The maximum Gasteiger partial charge on any atom is 0.340 e. The standard InChI is InChI=1S/C18H19NO6/c1-10(5-7-14(21)22)4-6-12-8-13-15(11(2)16(12)24-3)17(19-9-20)25-18(13)23/h5,7-8,10,17H,4,6H2,1-3H3,(H,21,22)/b7-5+. The van der Waals surface area contributed by atoms with E-state index in [1.54, 1.807) is 19.1 Å². The molecule has 2 unspecified atom stereocenters. The highest BCUT2D eigenvalue weighted by Gasteiger charge is 2.35. The first kappa shape index (κ1) is 18.4. The number of methoxy groups -OCH3 is 1. The van der Waals surface area contributed by atoms with Gasteiger partial charge in [0.1, 0.15) is 5.75 Å². The molecule has 1 aromatic carbocycles. The molecule has 1 aliphatic rings. The van der Waals surface area contributed by atoms with Gasteiger partial charge in [0.05, 0.1) is 12.7 Å². The molecule has 1 aromatic rings. The molecule has 0 saturated heterocycles. The Labute approximate surface area is 145 Å². The number of aliphatic imine (C=N–C) groups is 1. The van der Waals surface area contributed by atoms with Gasteiger partial charge in [-0.15, -0.1) is 0 Å². The Hall–Kier alpha value is -2.92. The minimum Gasteiger partial charge on any atom is -0.496 e. The summed E-state index contributed by atoms with van der Waals surface area (Å²) in [4.78, 5) is 36.7. The summed E-state index contributed by atoms with van der Waals surface area (Å²) in [5, 5.41) is 8.68. The Morgan fingerprint density at radius 3 is 2.88 bits per heavy atom. The van der Waals surface area contributed by atoms with Crippen LogP contribution in [0.15, 0.2) is 23.2 Å². The van der Waals surface area contributed by atoms with E-state index in [1.807, 2.05) is 6.92 Å². The first-order valence-electron chi connectivity index (χ1n) is 7.78. The number of carboxylic acid groups (broad SMARTS) is 1. The summed E-state index contributed by atoms with van der Waals surface area (Å²) < 4.78 is 10.6. The van der Waals surface area contributed by atoms with Gasteiger partial charge in [0.2, 0.25) is 12.3 Å². The van der Waals surface area contributed by atoms with Crippen LogP contribution in [-0.2, 0) is 20.7 Å². The molecule has 0 spiro atoms. The summed E-state index contributed by atoms with van der Waals surface area (Å²) in [7, 11) is 1.53. The number of nitrogens with zero attached hydrogens (tertiary/aromatic N) is 1. The number of hydrogen-bond acceptors (Lipinski definition) is 6. The third-order valence-electron chi connectivity index (χ3n) is 4.14. The fourth-order valence-corrected chi connectivity index (χ4v) is 2.93. The van der Waals surface area contributed by atoms with Crippen LogP contribution in [0.4, 0.5) is 0 Å². The van der Waals surface area contributed by atoms with Crippen LogP contribution in [-0.4, -0.2) is 30.2 Å². The number of rotatable bonds is 7. The largest absolute Gasteiger partial charge is 0.496 e. The monoisotopic (exact) mass is 345 g/mol. The van der Waals surface area contributed by atoms with E-state index in [0.29, 0.717) is 35.3 Å². The van der Waals surface area contributed by atoms with Crippen molar-refractivity contribution in [3.8, 4) is 5.75 Å². The fourth-order valence-electron chi connectivity index (χ4n) is 2.93. The molecule has 0 fully saturated rings. The topological polar surface area (TPSA) is 102 Å². The number of isocyanates is 1. The van der Waals surface area contributed by atoms with Crippen molar-refractivity contribution in [2.45, 2.75) is 32.9 Å². The van der Waals surface area contributed by atoms with Crippen molar-refractivity contribution in [2.75, 3.05) is 7.11 Å². The number of fused-ring (bicyclic) bond motifs is 1. The Kier molecular flexibility index (Phi) is 5.72. The molecule has 0 amide bonds. The quantitative estimate of drug-likeness (QED) is 0.353. The molecule has 1 N–H and O–H groups in total. The zero-order valence-electron chi connectivity index (χ0n) is 14.2. The number of allylic oxidation sites excluding steroid dienone is 1. The maximum atomic E-state index is 12.0. The number of carbonyl (C=O) groups is 2. The van der Waals surface area contributed by atoms with Gasteiger partial charge in [0, 0.05) is 17.2 Å². The Bertz CT molecular complexity index is 776. The van der Waals surface area contributed by atoms with Crippen LogP contribution in [0.2, 0.25) is 0 Å². The summed E-state index contributed by atoms with van der Waals surface area (Å²) in [6.45, 7) is 3.69. The summed E-state index contributed by atoms with van der Waals surface area (Å²) in [5.74, 6) is -0.863. The smallest absolute Gasteiger partial charge is 0.340 e. The summed E-state index contributed by atoms with van der Waals surface area (Å²) in [6, 6.07) is 1.69. The van der Waals surface area contributed by atoms with Crippen LogP contribution in [0, 0.1) is 12.8 Å². The third-order valence-corrected chi connectivity index (χ3v) is 4.14. The Morgan fingerprint density at radius 2 is 2.28 bits per heavy atom. The van der Waals surface area contributed by atoms with Gasteiger partial charge >= 0.3 is 11.9 Å². The molecule has 0 aliphatic carbocycles. The van der Waals surface area contributed by atoms with Gasteiger partial charge in [-0.05, 0) is 37.3 Å². The number of aliphatic carboxylic acids is 1. The minimum atomic E-state index is -0.986. The second-order valence-corrected chi connectivity index (χ2v) is 5.85. The number of aryl methyl sites for hydroxylation is 1. The second kappa shape index (κ2) is 7.77. The molecule has 0 bridgehead atoms. The van der Waals surface area contributed by atoms with Crippen LogP contribution in [0.25, 0.3) is 0 Å². The molecular formula is C18H19NO6. The fraction of sp³-hybridized carbons (Fsp3) is 0.389. The summed E-state index contributed by atoms with van der Waals surface area (Å²) >= 11 is 0. The van der Waals surface area contributed by atoms with Crippen molar-refractivity contribution in [2.24, 2.45) is 10.9 Å². The highest BCUT2D eigenvalue weighted by atomic mass is 16.6. The van der Waals surface area contributed by atoms with Crippen molar-refractivity contribution in [1.29, 1.82) is 0 Å². The molecule has 7 nitrogen and oxygen atoms in total. The molecule has 7 heteroatoms. The van der Waals surface area contributed by atoms with E-state index in [1.165, 1.54) is 13.2 Å². The maximum absolute atomic E-state index is 12.0. The lowest BCUT2D eigenvalue weighted by atomic mass is 9.93. The Morgan fingerprint density at radius 1 is 1.56 bits per heavy atom. The average Bonchev–Trinajstić information content (AvgIpc) is 2.87. The second-order valence-electron chi connectivity index (χ2n) is 5.85. The zero-order chi connectivity index (χ0) is 18.6. The van der Waals surface area contributed by atoms with Crippen molar-refractivity contribution in [3.05, 3.63) is 40.5 Å². The van der Waals surface area contributed by atoms with E-state index in [2.05, 4.69) is 4.99 Å². The predicted octanol–water partition coefficient (Wildman–Crippen LogP) is 2.72. The normalized spacial score (nSPS) is 16.9. The van der Waals surface area contributed by atoms with Crippen LogP contribution < -0.4 is 4.74 Å². The number of carboxylic acids is 1. The van der Waals surface area contributed by atoms with E-state index in [4.69, 9.17) is 14.6 Å². The number of hydrogen-bond donors (Lipinski definition) is 1. The SMILES string of the molecule is COc1c(CCC(C)/C=C/C(=O)O)cc2c(c1C)C(N=C=O)OC2=O. The number of cyclic esters (lactones) is 1. The summed E-state index contributed by atoms with van der Waals surface area (Å²) in [6.07, 6.45) is 4.45. The molecule has 1 heterocycles. The third kappa shape index (κ3) is 3.95. The lowest BCUT2D eigenvalue weighted by molar-refractivity contribution is -0.131. The Balaban J connectivity index is 2.33. The van der Waals surface area contributed by atoms with E-state index in [-0.39, 0.29) is 5.92 Å². The number of benzene rings is 1. The average molecular weight is 345 g/mol. The number of ether oxygens (including phenoxy) is 2. The lowest BCUT2D eigenvalue weighted by Crippen LogP contribution is -2.04. The molecular weight excluding hydrogens is 326 g/mol. The predicted molar refractivity (Wildman–Crippen MR) is 88.3 cm³/mol.